The molecule has 32 heavy (non-hydrogen) atoms. The van der Waals surface area contributed by atoms with Gasteiger partial charge in [-0.3, -0.25) is 9.88 Å². The third-order valence-electron chi connectivity index (χ3n) is 4.91. The lowest BCUT2D eigenvalue weighted by Gasteiger charge is -2.21. The summed E-state index contributed by atoms with van der Waals surface area (Å²) in [7, 11) is 2.00. The van der Waals surface area contributed by atoms with Crippen LogP contribution in [0.4, 0.5) is 0 Å². The number of hydrogen-bond donors (Lipinski definition) is 2. The topological polar surface area (TPSA) is 66.9 Å². The van der Waals surface area contributed by atoms with E-state index in [1.54, 1.807) is 12.4 Å². The Morgan fingerprint density at radius 1 is 0.938 bits per heavy atom. The normalized spacial score (nSPS) is 12.0. The molecule has 0 aliphatic rings. The Balaban J connectivity index is 1.27. The Labute approximate surface area is 190 Å². The molecular formula is C26H33N3O3. The molecule has 6 heteroatoms. The molecule has 0 saturated heterocycles. The predicted octanol–water partition coefficient (Wildman–Crippen LogP) is 3.51. The number of likely N-dealkylation sites (N-methyl/N-ethyl adjacent to an activating group) is 1. The van der Waals surface area contributed by atoms with Crippen LogP contribution in [-0.2, 0) is 13.1 Å². The highest BCUT2D eigenvalue weighted by molar-refractivity contribution is 5.27. The van der Waals surface area contributed by atoms with Crippen molar-refractivity contribution >= 4 is 0 Å². The molecule has 0 fully saturated rings. The van der Waals surface area contributed by atoms with Gasteiger partial charge in [-0.05, 0) is 55.4 Å². The zero-order valence-electron chi connectivity index (χ0n) is 18.7. The highest BCUT2D eigenvalue weighted by Crippen LogP contribution is 2.13. The van der Waals surface area contributed by atoms with Gasteiger partial charge in [-0.25, -0.2) is 0 Å². The Morgan fingerprint density at radius 2 is 1.75 bits per heavy atom. The molecule has 0 unspecified atom stereocenters. The summed E-state index contributed by atoms with van der Waals surface area (Å²) in [6.07, 6.45) is 3.84. The van der Waals surface area contributed by atoms with Crippen molar-refractivity contribution in [1.29, 1.82) is 0 Å². The van der Waals surface area contributed by atoms with Gasteiger partial charge in [0.25, 0.3) is 0 Å². The third kappa shape index (κ3) is 9.06. The van der Waals surface area contributed by atoms with Crippen LogP contribution in [0.15, 0.2) is 79.1 Å². The Hall–Kier alpha value is -2.93. The van der Waals surface area contributed by atoms with E-state index in [4.69, 9.17) is 9.47 Å². The van der Waals surface area contributed by atoms with E-state index in [0.717, 1.165) is 37.6 Å². The summed E-state index contributed by atoms with van der Waals surface area (Å²) >= 11 is 0. The van der Waals surface area contributed by atoms with Crippen molar-refractivity contribution in [3.63, 3.8) is 0 Å². The Bertz CT molecular complexity index is 876. The summed E-state index contributed by atoms with van der Waals surface area (Å²) in [5, 5.41) is 13.7. The maximum atomic E-state index is 10.3. The molecule has 170 valence electrons. The summed E-state index contributed by atoms with van der Waals surface area (Å²) < 4.78 is 11.4. The van der Waals surface area contributed by atoms with E-state index in [9.17, 15) is 5.11 Å². The van der Waals surface area contributed by atoms with Crippen LogP contribution in [0.2, 0.25) is 0 Å². The second kappa shape index (κ2) is 13.5. The first-order chi connectivity index (χ1) is 15.7. The molecule has 2 N–H and O–H groups in total. The number of aliphatic hydroxyl groups excluding tert-OH is 1. The minimum absolute atomic E-state index is 0.271. The molecule has 0 spiro atoms. The second-order valence-electron chi connectivity index (χ2n) is 7.86. The van der Waals surface area contributed by atoms with Crippen LogP contribution < -0.4 is 14.8 Å². The zero-order chi connectivity index (χ0) is 22.4. The van der Waals surface area contributed by atoms with E-state index in [1.165, 1.54) is 11.1 Å². The highest BCUT2D eigenvalue weighted by atomic mass is 16.5. The number of nitrogens with zero attached hydrogens (tertiary/aromatic N) is 2. The van der Waals surface area contributed by atoms with E-state index < -0.39 is 6.10 Å². The van der Waals surface area contributed by atoms with Gasteiger partial charge in [-0.1, -0.05) is 42.5 Å². The smallest absolute Gasteiger partial charge is 0.137 e. The number of aliphatic hydroxyl groups is 1. The Morgan fingerprint density at radius 3 is 2.50 bits per heavy atom. The first-order valence-corrected chi connectivity index (χ1v) is 11.0. The number of aromatic nitrogens is 1. The summed E-state index contributed by atoms with van der Waals surface area (Å²) in [5.41, 5.74) is 2.42. The van der Waals surface area contributed by atoms with Gasteiger partial charge in [0.15, 0.2) is 0 Å². The van der Waals surface area contributed by atoms with E-state index >= 15 is 0 Å². The molecule has 0 saturated carbocycles. The molecule has 0 aliphatic heterocycles. The van der Waals surface area contributed by atoms with E-state index in [-0.39, 0.29) is 6.61 Å². The van der Waals surface area contributed by atoms with Gasteiger partial charge < -0.3 is 19.9 Å². The van der Waals surface area contributed by atoms with E-state index in [2.05, 4.69) is 27.3 Å². The number of rotatable bonds is 14. The molecule has 1 heterocycles. The van der Waals surface area contributed by atoms with Crippen molar-refractivity contribution in [2.24, 2.45) is 0 Å². The van der Waals surface area contributed by atoms with Gasteiger partial charge in [0.05, 0.1) is 12.8 Å². The fourth-order valence-corrected chi connectivity index (χ4v) is 3.32. The van der Waals surface area contributed by atoms with Gasteiger partial charge >= 0.3 is 0 Å². The van der Waals surface area contributed by atoms with Crippen LogP contribution >= 0.6 is 0 Å². The van der Waals surface area contributed by atoms with Gasteiger partial charge in [0.1, 0.15) is 24.2 Å². The second-order valence-corrected chi connectivity index (χ2v) is 7.86. The number of nitrogens with one attached hydrogen (secondary N) is 1. The summed E-state index contributed by atoms with van der Waals surface area (Å²) in [4.78, 5) is 6.13. The van der Waals surface area contributed by atoms with Crippen molar-refractivity contribution < 1.29 is 14.6 Å². The predicted molar refractivity (Wildman–Crippen MR) is 127 cm³/mol. The molecule has 3 aromatic rings. The average molecular weight is 436 g/mol. The van der Waals surface area contributed by atoms with Crippen LogP contribution in [0.1, 0.15) is 17.5 Å². The van der Waals surface area contributed by atoms with Gasteiger partial charge in [0.2, 0.25) is 0 Å². The van der Waals surface area contributed by atoms with Crippen molar-refractivity contribution in [1.82, 2.24) is 15.2 Å². The maximum absolute atomic E-state index is 10.3. The lowest BCUT2D eigenvalue weighted by atomic mass is 10.2. The van der Waals surface area contributed by atoms with Crippen molar-refractivity contribution in [2.75, 3.05) is 33.4 Å². The quantitative estimate of drug-likeness (QED) is 0.378. The van der Waals surface area contributed by atoms with Crippen molar-refractivity contribution in [2.45, 2.75) is 25.6 Å². The zero-order valence-corrected chi connectivity index (χ0v) is 18.7. The van der Waals surface area contributed by atoms with Gasteiger partial charge in [0, 0.05) is 25.8 Å². The van der Waals surface area contributed by atoms with Crippen molar-refractivity contribution in [3.8, 4) is 11.5 Å². The fraction of sp³-hybridized carbons (Fsp3) is 0.346. The Kier molecular flexibility index (Phi) is 9.99. The van der Waals surface area contributed by atoms with E-state index in [0.29, 0.717) is 13.2 Å². The summed E-state index contributed by atoms with van der Waals surface area (Å²) in [5.74, 6) is 1.57. The first kappa shape index (κ1) is 23.7. The van der Waals surface area contributed by atoms with Crippen LogP contribution in [0.5, 0.6) is 11.5 Å². The fourth-order valence-electron chi connectivity index (χ4n) is 3.32. The molecule has 3 rings (SSSR count). The number of benzene rings is 2. The minimum Gasteiger partial charge on any atom is -0.492 e. The van der Waals surface area contributed by atoms with E-state index in [1.807, 2.05) is 61.6 Å². The maximum Gasteiger partial charge on any atom is 0.137 e. The number of ether oxygens (including phenoxy) is 2. The van der Waals surface area contributed by atoms with Crippen LogP contribution in [-0.4, -0.2) is 54.4 Å². The van der Waals surface area contributed by atoms with Crippen molar-refractivity contribution in [3.05, 3.63) is 90.3 Å². The third-order valence-corrected chi connectivity index (χ3v) is 4.91. The number of pyridine rings is 1. The van der Waals surface area contributed by atoms with Gasteiger partial charge in [-0.15, -0.1) is 0 Å². The molecule has 0 aliphatic carbocycles. The SMILES string of the molecule is CN(Cc1ccccc1)C[C@H](O)COc1ccc(CNCCCOc2cccnc2)cc1. The number of hydrogen-bond acceptors (Lipinski definition) is 6. The molecule has 1 atom stereocenters. The molecule has 0 bridgehead atoms. The minimum atomic E-state index is -0.543. The lowest BCUT2D eigenvalue weighted by Crippen LogP contribution is -2.32. The molecule has 6 nitrogen and oxygen atoms in total. The molecule has 1 aromatic heterocycles. The summed E-state index contributed by atoms with van der Waals surface area (Å²) in [6, 6.07) is 22.0. The highest BCUT2D eigenvalue weighted by Gasteiger charge is 2.10. The van der Waals surface area contributed by atoms with Crippen LogP contribution in [0.3, 0.4) is 0 Å². The largest absolute Gasteiger partial charge is 0.492 e. The average Bonchev–Trinajstić information content (AvgIpc) is 2.82. The molecule has 0 radical (unpaired) electrons. The molecule has 0 amide bonds. The van der Waals surface area contributed by atoms with Gasteiger partial charge in [-0.2, -0.15) is 0 Å². The molecular weight excluding hydrogens is 402 g/mol. The lowest BCUT2D eigenvalue weighted by molar-refractivity contribution is 0.0744. The molecule has 2 aromatic carbocycles. The first-order valence-electron chi connectivity index (χ1n) is 11.0. The monoisotopic (exact) mass is 435 g/mol. The summed E-state index contributed by atoms with van der Waals surface area (Å²) in [6.45, 7) is 3.96. The van der Waals surface area contributed by atoms with Crippen LogP contribution in [0.25, 0.3) is 0 Å². The van der Waals surface area contributed by atoms with Crippen LogP contribution in [0, 0.1) is 0 Å². The standard InChI is InChI=1S/C26H33N3O3/c1-29(19-23-7-3-2-4-8-23)20-24(30)21-32-25-12-10-22(11-13-25)17-27-15-6-16-31-26-9-5-14-28-18-26/h2-5,7-14,18,24,27,30H,6,15-17,19-21H2,1H3/t24-/m0/s1.